The third-order valence-electron chi connectivity index (χ3n) is 5.30. The van der Waals surface area contributed by atoms with Gasteiger partial charge in [0.2, 0.25) is 0 Å². The summed E-state index contributed by atoms with van der Waals surface area (Å²) < 4.78 is 30.4. The van der Waals surface area contributed by atoms with E-state index >= 15 is 0 Å². The number of rotatable bonds is 5. The quantitative estimate of drug-likeness (QED) is 0.387. The minimum absolute atomic E-state index is 0.0673. The molecule has 0 saturated heterocycles. The molecule has 0 fully saturated rings. The molecule has 0 aliphatic rings. The molecule has 0 atom stereocenters. The summed E-state index contributed by atoms with van der Waals surface area (Å²) in [5.74, 6) is -1.72. The van der Waals surface area contributed by atoms with E-state index in [1.54, 1.807) is 26.0 Å². The lowest BCUT2D eigenvalue weighted by atomic mass is 10.0. The van der Waals surface area contributed by atoms with Gasteiger partial charge in [0.1, 0.15) is 17.7 Å². The minimum Gasteiger partial charge on any atom is -0.358 e. The van der Waals surface area contributed by atoms with Crippen molar-refractivity contribution >= 4 is 23.1 Å². The summed E-state index contributed by atoms with van der Waals surface area (Å²) in [5, 5.41) is 9.05. The SMILES string of the molecule is [C-]#[N+]c1ncc(-n2nc(C)c(-c3ccc(CNC(=O)c4sccc4C)c(F)c3)c2C)cc1F. The van der Waals surface area contributed by atoms with Crippen LogP contribution in [0.1, 0.15) is 32.2 Å². The lowest BCUT2D eigenvalue weighted by Gasteiger charge is -2.09. The van der Waals surface area contributed by atoms with Crippen LogP contribution in [-0.2, 0) is 6.54 Å². The van der Waals surface area contributed by atoms with Crippen molar-refractivity contribution in [3.63, 3.8) is 0 Å². The molecule has 1 aromatic carbocycles. The number of aromatic nitrogens is 3. The molecule has 0 saturated carbocycles. The van der Waals surface area contributed by atoms with Gasteiger partial charge in [-0.2, -0.15) is 5.10 Å². The monoisotopic (exact) mass is 463 g/mol. The predicted molar refractivity (Wildman–Crippen MR) is 123 cm³/mol. The van der Waals surface area contributed by atoms with E-state index in [9.17, 15) is 13.6 Å². The van der Waals surface area contributed by atoms with Crippen LogP contribution < -0.4 is 5.32 Å². The topological polar surface area (TPSA) is 64.2 Å². The van der Waals surface area contributed by atoms with Gasteiger partial charge in [0.25, 0.3) is 5.91 Å². The Morgan fingerprint density at radius 1 is 1.18 bits per heavy atom. The van der Waals surface area contributed by atoms with Crippen molar-refractivity contribution in [2.24, 2.45) is 0 Å². The second-order valence-corrected chi connectivity index (χ2v) is 8.41. The summed E-state index contributed by atoms with van der Waals surface area (Å²) >= 11 is 1.35. The Kier molecular flexibility index (Phi) is 6.03. The minimum atomic E-state index is -0.730. The smallest absolute Gasteiger partial charge is 0.305 e. The number of nitrogens with zero attached hydrogens (tertiary/aromatic N) is 4. The van der Waals surface area contributed by atoms with E-state index in [2.05, 4.69) is 20.2 Å². The number of amides is 1. The fourth-order valence-electron chi connectivity index (χ4n) is 3.64. The predicted octanol–water partition coefficient (Wildman–Crippen LogP) is 5.68. The first kappa shape index (κ1) is 22.3. The van der Waals surface area contributed by atoms with Crippen molar-refractivity contribution in [2.45, 2.75) is 27.3 Å². The van der Waals surface area contributed by atoms with Crippen LogP contribution in [0.5, 0.6) is 0 Å². The number of hydrogen-bond acceptors (Lipinski definition) is 4. The molecule has 1 amide bonds. The molecule has 0 bridgehead atoms. The van der Waals surface area contributed by atoms with Gasteiger partial charge < -0.3 is 10.2 Å². The molecule has 0 spiro atoms. The van der Waals surface area contributed by atoms with E-state index in [1.807, 2.05) is 18.4 Å². The summed E-state index contributed by atoms with van der Waals surface area (Å²) in [5.41, 5.74) is 4.27. The Morgan fingerprint density at radius 2 is 1.97 bits per heavy atom. The lowest BCUT2D eigenvalue weighted by molar-refractivity contribution is 0.0954. The second kappa shape index (κ2) is 8.92. The molecule has 6 nitrogen and oxygen atoms in total. The molecule has 0 radical (unpaired) electrons. The maximum atomic E-state index is 14.9. The summed E-state index contributed by atoms with van der Waals surface area (Å²) in [6.07, 6.45) is 1.38. The molecule has 166 valence electrons. The van der Waals surface area contributed by atoms with E-state index in [-0.39, 0.29) is 18.3 Å². The van der Waals surface area contributed by atoms with Crippen LogP contribution in [0.4, 0.5) is 14.6 Å². The Hall–Kier alpha value is -3.90. The van der Waals surface area contributed by atoms with Gasteiger partial charge >= 0.3 is 5.82 Å². The normalized spacial score (nSPS) is 10.8. The summed E-state index contributed by atoms with van der Waals surface area (Å²) in [7, 11) is 0. The van der Waals surface area contributed by atoms with Gasteiger partial charge in [-0.15, -0.1) is 16.3 Å². The molecule has 1 N–H and O–H groups in total. The fraction of sp³-hybridized carbons (Fsp3) is 0.167. The Bertz CT molecular complexity index is 1420. The van der Waals surface area contributed by atoms with E-state index in [1.165, 1.54) is 34.3 Å². The Balaban J connectivity index is 1.59. The second-order valence-electron chi connectivity index (χ2n) is 7.49. The van der Waals surface area contributed by atoms with E-state index in [0.717, 1.165) is 5.56 Å². The van der Waals surface area contributed by atoms with Crippen molar-refractivity contribution in [1.29, 1.82) is 0 Å². The van der Waals surface area contributed by atoms with Gasteiger partial charge in [-0.05, 0) is 55.5 Å². The van der Waals surface area contributed by atoms with E-state index in [0.29, 0.717) is 38.6 Å². The van der Waals surface area contributed by atoms with Crippen molar-refractivity contribution in [2.75, 3.05) is 0 Å². The largest absolute Gasteiger partial charge is 0.358 e. The van der Waals surface area contributed by atoms with Gasteiger partial charge in [0.15, 0.2) is 5.82 Å². The molecule has 3 heterocycles. The molecule has 0 aliphatic carbocycles. The maximum absolute atomic E-state index is 14.9. The number of pyridine rings is 1. The van der Waals surface area contributed by atoms with Gasteiger partial charge in [-0.1, -0.05) is 18.7 Å². The first-order chi connectivity index (χ1) is 15.8. The highest BCUT2D eigenvalue weighted by molar-refractivity contribution is 7.12. The first-order valence-corrected chi connectivity index (χ1v) is 10.9. The van der Waals surface area contributed by atoms with Gasteiger partial charge in [0, 0.05) is 23.4 Å². The van der Waals surface area contributed by atoms with Crippen molar-refractivity contribution in [3.05, 3.63) is 92.4 Å². The Labute approximate surface area is 193 Å². The number of carbonyl (C=O) groups is 1. The van der Waals surface area contributed by atoms with Crippen LogP contribution in [0.3, 0.4) is 0 Å². The molecular weight excluding hydrogens is 444 g/mol. The average Bonchev–Trinajstić information content (AvgIpc) is 3.35. The lowest BCUT2D eigenvalue weighted by Crippen LogP contribution is -2.23. The molecule has 9 heteroatoms. The number of aryl methyl sites for hydroxylation is 2. The van der Waals surface area contributed by atoms with E-state index < -0.39 is 11.6 Å². The fourth-order valence-corrected chi connectivity index (χ4v) is 4.48. The number of benzene rings is 1. The number of halogens is 2. The summed E-state index contributed by atoms with van der Waals surface area (Å²) in [6, 6.07) is 7.87. The maximum Gasteiger partial charge on any atom is 0.305 e. The highest BCUT2D eigenvalue weighted by Gasteiger charge is 2.18. The van der Waals surface area contributed by atoms with Crippen molar-refractivity contribution in [1.82, 2.24) is 20.1 Å². The number of carbonyl (C=O) groups excluding carboxylic acids is 1. The molecule has 4 aromatic rings. The van der Waals surface area contributed by atoms with Gasteiger partial charge in [-0.25, -0.2) is 13.5 Å². The highest BCUT2D eigenvalue weighted by Crippen LogP contribution is 2.30. The van der Waals surface area contributed by atoms with Crippen molar-refractivity contribution < 1.29 is 13.6 Å². The third-order valence-corrected chi connectivity index (χ3v) is 6.31. The average molecular weight is 464 g/mol. The van der Waals surface area contributed by atoms with Crippen LogP contribution in [0.25, 0.3) is 21.7 Å². The van der Waals surface area contributed by atoms with E-state index in [4.69, 9.17) is 6.57 Å². The highest BCUT2D eigenvalue weighted by atomic mass is 32.1. The van der Waals surface area contributed by atoms with Crippen LogP contribution in [0, 0.1) is 39.0 Å². The summed E-state index contributed by atoms with van der Waals surface area (Å²) in [6.45, 7) is 12.4. The van der Waals surface area contributed by atoms with Gasteiger partial charge in [0.05, 0.1) is 10.6 Å². The van der Waals surface area contributed by atoms with Crippen LogP contribution in [0.15, 0.2) is 41.9 Å². The molecule has 0 aliphatic heterocycles. The third kappa shape index (κ3) is 4.25. The van der Waals surface area contributed by atoms with Crippen LogP contribution >= 0.6 is 11.3 Å². The van der Waals surface area contributed by atoms with Gasteiger partial charge in [-0.3, -0.25) is 4.79 Å². The summed E-state index contributed by atoms with van der Waals surface area (Å²) in [4.78, 5) is 19.8. The Morgan fingerprint density at radius 3 is 2.61 bits per heavy atom. The molecular formula is C24H19F2N5OS. The molecule has 3 aromatic heterocycles. The molecule has 4 rings (SSSR count). The van der Waals surface area contributed by atoms with Crippen molar-refractivity contribution in [3.8, 4) is 16.8 Å². The zero-order valence-electron chi connectivity index (χ0n) is 18.1. The number of hydrogen-bond donors (Lipinski definition) is 1. The van der Waals surface area contributed by atoms with Crippen LogP contribution in [0.2, 0.25) is 0 Å². The molecule has 0 unspecified atom stereocenters. The molecule has 33 heavy (non-hydrogen) atoms. The van der Waals surface area contributed by atoms with Crippen LogP contribution in [-0.4, -0.2) is 20.7 Å². The zero-order chi connectivity index (χ0) is 23.7. The standard InChI is InChI=1S/C24H19F2N5OS/c1-13-7-8-33-22(13)24(32)29-11-17-6-5-16(9-19(17)25)21-14(2)30-31(15(21)3)18-10-20(26)23(27-4)28-12-18/h5-10,12H,11H2,1-3H3,(H,29,32). The number of thiophene rings is 1. The number of nitrogens with one attached hydrogen (secondary N) is 1. The first-order valence-electron chi connectivity index (χ1n) is 10.0. The zero-order valence-corrected chi connectivity index (χ0v) is 18.9.